The topological polar surface area (TPSA) is 180 Å². The molecule has 1 saturated heterocycles. The Morgan fingerprint density at radius 1 is 0.981 bits per heavy atom. The first kappa shape index (κ1) is 42.0. The number of benzene rings is 3. The lowest BCUT2D eigenvalue weighted by atomic mass is 10.1. The standard InChI is InChI=1S/C35H43N7O7S.2ClH/c1-23-12-15-28(30(21-23)49-20-7-5-6-11-31(43)42-18-16-40(2)17-19-42)41(3)34(45)24-13-14-26(29(22-24)48-4)37-33(44)25-9-8-10-27-32(25)39-35(38-27)50(36,46)47;;/h8-10,12-15,21-22H,5-7,11,16-20H2,1-4H3,(H,37,44)(H,38,39)(H2,36,46,47);2*1H. The van der Waals surface area contributed by atoms with Crippen LogP contribution in [-0.4, -0.2) is 99.9 Å². The third-order valence-electron chi connectivity index (χ3n) is 8.63. The Morgan fingerprint density at radius 3 is 2.40 bits per heavy atom. The molecule has 0 saturated carbocycles. The van der Waals surface area contributed by atoms with E-state index < -0.39 is 21.1 Å². The smallest absolute Gasteiger partial charge is 0.271 e. The molecule has 52 heavy (non-hydrogen) atoms. The molecule has 0 unspecified atom stereocenters. The number of ether oxygens (including phenoxy) is 2. The highest BCUT2D eigenvalue weighted by atomic mass is 35.5. The van der Waals surface area contributed by atoms with Crippen molar-refractivity contribution in [3.05, 3.63) is 71.3 Å². The van der Waals surface area contributed by atoms with Crippen molar-refractivity contribution >= 4 is 75.0 Å². The molecule has 1 aliphatic heterocycles. The lowest BCUT2D eigenvalue weighted by Gasteiger charge is -2.32. The van der Waals surface area contributed by atoms with Crippen molar-refractivity contribution in [2.45, 2.75) is 37.8 Å². The number of halogens is 2. The number of nitrogens with two attached hydrogens (primary N) is 1. The Kier molecular flexibility index (Phi) is 14.8. The number of likely N-dealkylation sites (N-methyl/N-ethyl adjacent to an activating group) is 1. The number of aryl methyl sites for hydroxylation is 1. The maximum Gasteiger partial charge on any atom is 0.271 e. The highest BCUT2D eigenvalue weighted by molar-refractivity contribution is 7.89. The minimum Gasteiger partial charge on any atom is -0.495 e. The van der Waals surface area contributed by atoms with Gasteiger partial charge in [0.1, 0.15) is 17.0 Å². The van der Waals surface area contributed by atoms with Crippen molar-refractivity contribution in [3.8, 4) is 11.5 Å². The van der Waals surface area contributed by atoms with Crippen LogP contribution in [0.4, 0.5) is 11.4 Å². The number of nitrogens with one attached hydrogen (secondary N) is 2. The molecule has 3 amide bonds. The number of aromatic amines is 1. The van der Waals surface area contributed by atoms with Gasteiger partial charge in [-0.1, -0.05) is 12.1 Å². The number of fused-ring (bicyclic) bond motifs is 1. The van der Waals surface area contributed by atoms with Gasteiger partial charge in [-0.3, -0.25) is 14.4 Å². The number of aromatic nitrogens is 2. The van der Waals surface area contributed by atoms with Crippen molar-refractivity contribution in [2.75, 3.05) is 64.2 Å². The highest BCUT2D eigenvalue weighted by Gasteiger charge is 2.23. The molecular formula is C35H45Cl2N7O7S. The first-order chi connectivity index (χ1) is 23.8. The molecule has 0 atom stereocenters. The van der Waals surface area contributed by atoms with Gasteiger partial charge >= 0.3 is 0 Å². The van der Waals surface area contributed by atoms with E-state index in [0.717, 1.165) is 51.0 Å². The van der Waals surface area contributed by atoms with Crippen molar-refractivity contribution in [1.29, 1.82) is 0 Å². The third-order valence-corrected chi connectivity index (χ3v) is 9.36. The molecule has 4 N–H and O–H groups in total. The van der Waals surface area contributed by atoms with E-state index in [1.165, 1.54) is 24.1 Å². The number of hydrogen-bond acceptors (Lipinski definition) is 9. The number of nitrogens with zero attached hydrogens (tertiary/aromatic N) is 4. The number of sulfonamides is 1. The minimum absolute atomic E-state index is 0. The van der Waals surface area contributed by atoms with Crippen molar-refractivity contribution in [2.24, 2.45) is 5.14 Å². The summed E-state index contributed by atoms with van der Waals surface area (Å²) < 4.78 is 35.2. The second kappa shape index (κ2) is 18.4. The van der Waals surface area contributed by atoms with Crippen LogP contribution in [0.1, 0.15) is 52.0 Å². The summed E-state index contributed by atoms with van der Waals surface area (Å²) in [6, 6.07) is 14.9. The zero-order valence-corrected chi connectivity index (χ0v) is 32.0. The van der Waals surface area contributed by atoms with Crippen molar-refractivity contribution in [1.82, 2.24) is 19.8 Å². The second-order valence-corrected chi connectivity index (χ2v) is 13.8. The van der Waals surface area contributed by atoms with E-state index in [0.29, 0.717) is 41.2 Å². The van der Waals surface area contributed by atoms with Crippen LogP contribution in [0.5, 0.6) is 11.5 Å². The molecule has 17 heteroatoms. The number of amides is 3. The largest absolute Gasteiger partial charge is 0.495 e. The summed E-state index contributed by atoms with van der Waals surface area (Å²) in [5.41, 5.74) is 2.75. The number of piperazine rings is 1. The molecule has 5 rings (SSSR count). The molecule has 3 aromatic carbocycles. The van der Waals surface area contributed by atoms with Crippen LogP contribution in [0.15, 0.2) is 59.8 Å². The molecule has 0 radical (unpaired) electrons. The minimum atomic E-state index is -4.11. The van der Waals surface area contributed by atoms with Gasteiger partial charge in [-0.15, -0.1) is 24.8 Å². The summed E-state index contributed by atoms with van der Waals surface area (Å²) in [6.07, 6.45) is 2.95. The number of hydrogen-bond donors (Lipinski definition) is 3. The van der Waals surface area contributed by atoms with Gasteiger partial charge in [-0.05, 0) is 81.3 Å². The van der Waals surface area contributed by atoms with Crippen molar-refractivity contribution < 1.29 is 32.3 Å². The average Bonchev–Trinajstić information content (AvgIpc) is 3.55. The Morgan fingerprint density at radius 2 is 1.71 bits per heavy atom. The van der Waals surface area contributed by atoms with Gasteiger partial charge in [-0.25, -0.2) is 18.5 Å². The van der Waals surface area contributed by atoms with Gasteiger partial charge in [0, 0.05) is 45.2 Å². The van der Waals surface area contributed by atoms with Gasteiger partial charge in [-0.2, -0.15) is 0 Å². The quantitative estimate of drug-likeness (QED) is 0.163. The van der Waals surface area contributed by atoms with Gasteiger partial charge in [0.25, 0.3) is 21.8 Å². The zero-order valence-electron chi connectivity index (χ0n) is 29.5. The van der Waals surface area contributed by atoms with Crippen LogP contribution >= 0.6 is 24.8 Å². The zero-order chi connectivity index (χ0) is 36.0. The lowest BCUT2D eigenvalue weighted by molar-refractivity contribution is -0.132. The summed E-state index contributed by atoms with van der Waals surface area (Å²) in [4.78, 5) is 51.8. The summed E-state index contributed by atoms with van der Waals surface area (Å²) in [6.45, 7) is 5.78. The Hall–Kier alpha value is -4.41. The molecule has 14 nitrogen and oxygen atoms in total. The van der Waals surface area contributed by atoms with Crippen LogP contribution in [0.2, 0.25) is 0 Å². The van der Waals surface area contributed by atoms with Gasteiger partial charge in [0.2, 0.25) is 11.1 Å². The van der Waals surface area contributed by atoms with E-state index >= 15 is 0 Å². The number of methoxy groups -OCH3 is 1. The maximum absolute atomic E-state index is 13.7. The first-order valence-electron chi connectivity index (χ1n) is 16.3. The van der Waals surface area contributed by atoms with Gasteiger partial charge < -0.3 is 34.5 Å². The summed E-state index contributed by atoms with van der Waals surface area (Å²) >= 11 is 0. The van der Waals surface area contributed by atoms with Crippen LogP contribution in [0.3, 0.4) is 0 Å². The van der Waals surface area contributed by atoms with Crippen LogP contribution in [0.25, 0.3) is 11.0 Å². The van der Waals surface area contributed by atoms with E-state index in [4.69, 9.17) is 14.6 Å². The van der Waals surface area contributed by atoms with E-state index in [1.54, 1.807) is 31.3 Å². The summed E-state index contributed by atoms with van der Waals surface area (Å²) in [5.74, 6) is 0.126. The molecule has 282 valence electrons. The normalized spacial score (nSPS) is 13.1. The van der Waals surface area contributed by atoms with E-state index in [2.05, 4.69) is 27.2 Å². The second-order valence-electron chi connectivity index (χ2n) is 12.3. The monoisotopic (exact) mass is 777 g/mol. The number of para-hydroxylation sites is 1. The van der Waals surface area contributed by atoms with Gasteiger partial charge in [0.05, 0.1) is 36.2 Å². The molecule has 0 bridgehead atoms. The predicted octanol–water partition coefficient (Wildman–Crippen LogP) is 4.61. The summed E-state index contributed by atoms with van der Waals surface area (Å²) in [5, 5.41) is 7.50. The fourth-order valence-corrected chi connectivity index (χ4v) is 6.18. The van der Waals surface area contributed by atoms with Crippen molar-refractivity contribution in [3.63, 3.8) is 0 Å². The third kappa shape index (κ3) is 10.1. The number of unbranched alkanes of at least 4 members (excludes halogenated alkanes) is 2. The maximum atomic E-state index is 13.7. The average molecular weight is 779 g/mol. The molecule has 1 aliphatic rings. The fraction of sp³-hybridized carbons (Fsp3) is 0.371. The molecular weight excluding hydrogens is 733 g/mol. The van der Waals surface area contributed by atoms with Crippen LogP contribution in [-0.2, 0) is 14.8 Å². The Labute approximate surface area is 315 Å². The Bertz CT molecular complexity index is 2000. The number of imidazole rings is 1. The number of rotatable bonds is 13. The van der Waals surface area contributed by atoms with E-state index in [-0.39, 0.29) is 53.5 Å². The molecule has 0 aliphatic carbocycles. The molecule has 4 aromatic rings. The SMILES string of the molecule is COc1cc(C(=O)N(C)c2ccc(C)cc2OCCCCCC(=O)N2CCN(C)CC2)ccc1NC(=O)c1cccc2[nH]c(S(N)(=O)=O)nc12.Cl.Cl. The highest BCUT2D eigenvalue weighted by Crippen LogP contribution is 2.32. The van der Waals surface area contributed by atoms with E-state index in [1.807, 2.05) is 30.0 Å². The fourth-order valence-electron chi connectivity index (χ4n) is 5.71. The summed E-state index contributed by atoms with van der Waals surface area (Å²) in [7, 11) is 1.04. The number of H-pyrrole nitrogens is 1. The number of carbonyl (C=O) groups excluding carboxylic acids is 3. The number of carbonyl (C=O) groups is 3. The lowest BCUT2D eigenvalue weighted by Crippen LogP contribution is -2.47. The molecule has 1 aromatic heterocycles. The number of anilines is 2. The van der Waals surface area contributed by atoms with Crippen LogP contribution < -0.4 is 24.8 Å². The first-order valence-corrected chi connectivity index (χ1v) is 17.9. The number of primary sulfonamides is 1. The molecule has 2 heterocycles. The van der Waals surface area contributed by atoms with Crippen LogP contribution in [0, 0.1) is 6.92 Å². The molecule has 1 fully saturated rings. The molecule has 0 spiro atoms. The predicted molar refractivity (Wildman–Crippen MR) is 205 cm³/mol. The van der Waals surface area contributed by atoms with Gasteiger partial charge in [0.15, 0.2) is 0 Å². The van der Waals surface area contributed by atoms with E-state index in [9.17, 15) is 22.8 Å². The Balaban J connectivity index is 0.00000364.